The number of hydrogen-bond acceptors (Lipinski definition) is 7. The maximum absolute atomic E-state index is 12.7. The maximum Gasteiger partial charge on any atom is 0.262 e. The third-order valence-electron chi connectivity index (χ3n) is 5.68. The van der Waals surface area contributed by atoms with Crippen LogP contribution in [0.3, 0.4) is 0 Å². The molecule has 3 aromatic rings. The molecule has 0 radical (unpaired) electrons. The molecule has 0 fully saturated rings. The number of aromatic amines is 1. The third-order valence-corrected chi connectivity index (χ3v) is 6.91. The second-order valence-corrected chi connectivity index (χ2v) is 9.15. The van der Waals surface area contributed by atoms with Crippen molar-refractivity contribution in [1.82, 2.24) is 36.2 Å². The fraction of sp³-hybridized carbons (Fsp3) is 0.273. The van der Waals surface area contributed by atoms with E-state index in [4.69, 9.17) is 0 Å². The number of hydrazine groups is 1. The largest absolute Gasteiger partial charge is 0.343 e. The number of aromatic nitrogens is 2. The Kier molecular flexibility index (Phi) is 5.56. The van der Waals surface area contributed by atoms with Gasteiger partial charge in [0, 0.05) is 42.2 Å². The monoisotopic (exact) mass is 465 g/mol. The molecule has 0 saturated carbocycles. The number of H-pyrrole nitrogens is 1. The quantitative estimate of drug-likeness (QED) is 0.445. The minimum Gasteiger partial charge on any atom is -0.343 e. The smallest absolute Gasteiger partial charge is 0.262 e. The Morgan fingerprint density at radius 2 is 2.12 bits per heavy atom. The molecule has 4 heterocycles. The average Bonchev–Trinajstić information content (AvgIpc) is 3.55. The topological polar surface area (TPSA) is 122 Å². The molecule has 10 nitrogen and oxygen atoms in total. The van der Waals surface area contributed by atoms with Crippen molar-refractivity contribution in [3.63, 3.8) is 0 Å². The number of nitrogens with zero attached hydrogens (tertiary/aromatic N) is 3. The number of rotatable bonds is 5. The Morgan fingerprint density at radius 1 is 1.24 bits per heavy atom. The van der Waals surface area contributed by atoms with Crippen LogP contribution < -0.4 is 16.1 Å². The van der Waals surface area contributed by atoms with Gasteiger partial charge in [0.1, 0.15) is 6.17 Å². The van der Waals surface area contributed by atoms with E-state index in [-0.39, 0.29) is 30.4 Å². The Hall–Kier alpha value is -3.70. The molecule has 4 N–H and O–H groups in total. The summed E-state index contributed by atoms with van der Waals surface area (Å²) in [6.45, 7) is 0.906. The third kappa shape index (κ3) is 4.45. The molecule has 0 aliphatic carbocycles. The van der Waals surface area contributed by atoms with Crippen LogP contribution in [0, 0.1) is 0 Å². The van der Waals surface area contributed by atoms with Gasteiger partial charge in [0.05, 0.1) is 23.1 Å². The van der Waals surface area contributed by atoms with Crippen molar-refractivity contribution < 1.29 is 14.4 Å². The summed E-state index contributed by atoms with van der Waals surface area (Å²) in [4.78, 5) is 41.2. The molecule has 0 spiro atoms. The molecule has 1 aromatic carbocycles. The SMILES string of the molecule is CN1C=CC(NC(=O)c2cc3c(s2)CCN(C(=O)CNC(=O)c2ccc4[nH]ncc4c2)C3)N1. The van der Waals surface area contributed by atoms with Gasteiger partial charge in [-0.2, -0.15) is 5.10 Å². The van der Waals surface area contributed by atoms with Gasteiger partial charge in [0.25, 0.3) is 11.8 Å². The van der Waals surface area contributed by atoms with Gasteiger partial charge in [-0.15, -0.1) is 11.3 Å². The van der Waals surface area contributed by atoms with E-state index in [2.05, 4.69) is 26.3 Å². The molecular weight excluding hydrogens is 442 g/mol. The highest BCUT2D eigenvalue weighted by atomic mass is 32.1. The Morgan fingerprint density at radius 3 is 2.94 bits per heavy atom. The highest BCUT2D eigenvalue weighted by molar-refractivity contribution is 7.14. The average molecular weight is 466 g/mol. The number of carbonyl (C=O) groups is 3. The van der Waals surface area contributed by atoms with E-state index in [1.54, 1.807) is 34.3 Å². The zero-order valence-electron chi connectivity index (χ0n) is 17.9. The summed E-state index contributed by atoms with van der Waals surface area (Å²) in [5.74, 6) is -0.607. The van der Waals surface area contributed by atoms with Crippen molar-refractivity contribution in [2.45, 2.75) is 19.1 Å². The van der Waals surface area contributed by atoms with Crippen LogP contribution >= 0.6 is 11.3 Å². The first-order valence-electron chi connectivity index (χ1n) is 10.5. The zero-order valence-corrected chi connectivity index (χ0v) is 18.7. The number of fused-ring (bicyclic) bond motifs is 2. The van der Waals surface area contributed by atoms with Crippen molar-refractivity contribution >= 4 is 40.0 Å². The number of carbonyl (C=O) groups excluding carboxylic acids is 3. The maximum atomic E-state index is 12.7. The van der Waals surface area contributed by atoms with Gasteiger partial charge in [-0.1, -0.05) is 0 Å². The van der Waals surface area contributed by atoms with Crippen molar-refractivity contribution in [3.05, 3.63) is 63.6 Å². The summed E-state index contributed by atoms with van der Waals surface area (Å²) < 4.78 is 0. The van der Waals surface area contributed by atoms with Crippen LogP contribution in [-0.4, -0.2) is 64.1 Å². The van der Waals surface area contributed by atoms with Crippen molar-refractivity contribution in [3.8, 4) is 0 Å². The van der Waals surface area contributed by atoms with Gasteiger partial charge in [0.2, 0.25) is 5.91 Å². The van der Waals surface area contributed by atoms with Crippen LogP contribution in [0.5, 0.6) is 0 Å². The normalized spacial score (nSPS) is 17.3. The lowest BCUT2D eigenvalue weighted by molar-refractivity contribution is -0.131. The summed E-state index contributed by atoms with van der Waals surface area (Å²) in [5.41, 5.74) is 5.39. The summed E-state index contributed by atoms with van der Waals surface area (Å²) in [6.07, 6.45) is 5.82. The van der Waals surface area contributed by atoms with Crippen LogP contribution in [0.2, 0.25) is 0 Å². The molecule has 2 aliphatic rings. The van der Waals surface area contributed by atoms with Crippen molar-refractivity contribution in [2.24, 2.45) is 0 Å². The minimum absolute atomic E-state index is 0.0811. The second-order valence-electron chi connectivity index (χ2n) is 8.01. The lowest BCUT2D eigenvalue weighted by Crippen LogP contribution is -2.45. The Balaban J connectivity index is 1.16. The fourth-order valence-corrected chi connectivity index (χ4v) is 4.99. The number of amides is 3. The van der Waals surface area contributed by atoms with Crippen LogP contribution in [-0.2, 0) is 17.8 Å². The molecule has 1 atom stereocenters. The fourth-order valence-electron chi connectivity index (χ4n) is 3.92. The Bertz CT molecular complexity index is 1260. The molecule has 0 saturated heterocycles. The predicted octanol–water partition coefficient (Wildman–Crippen LogP) is 0.959. The number of benzene rings is 1. The molecule has 11 heteroatoms. The van der Waals surface area contributed by atoms with E-state index < -0.39 is 0 Å². The van der Waals surface area contributed by atoms with Crippen LogP contribution in [0.15, 0.2) is 42.7 Å². The molecule has 1 unspecified atom stereocenters. The number of hydrogen-bond donors (Lipinski definition) is 4. The van der Waals surface area contributed by atoms with Crippen molar-refractivity contribution in [2.75, 3.05) is 20.1 Å². The van der Waals surface area contributed by atoms with Gasteiger partial charge < -0.3 is 20.5 Å². The molecular formula is C22H23N7O3S. The molecule has 33 heavy (non-hydrogen) atoms. The second kappa shape index (κ2) is 8.68. The minimum atomic E-state index is -0.307. The summed E-state index contributed by atoms with van der Waals surface area (Å²) in [7, 11) is 1.86. The highest BCUT2D eigenvalue weighted by Crippen LogP contribution is 2.28. The lowest BCUT2D eigenvalue weighted by Gasteiger charge is -2.27. The van der Waals surface area contributed by atoms with Gasteiger partial charge in [0.15, 0.2) is 0 Å². The molecule has 170 valence electrons. The van der Waals surface area contributed by atoms with E-state index in [9.17, 15) is 14.4 Å². The van der Waals surface area contributed by atoms with E-state index >= 15 is 0 Å². The van der Waals surface area contributed by atoms with Gasteiger partial charge in [-0.25, -0.2) is 5.43 Å². The molecule has 0 bridgehead atoms. The summed E-state index contributed by atoms with van der Waals surface area (Å²) in [6, 6.07) is 7.07. The van der Waals surface area contributed by atoms with E-state index in [1.807, 2.05) is 25.4 Å². The van der Waals surface area contributed by atoms with E-state index in [0.717, 1.165) is 21.3 Å². The first-order valence-corrected chi connectivity index (χ1v) is 11.4. The van der Waals surface area contributed by atoms with Crippen LogP contribution in [0.4, 0.5) is 0 Å². The van der Waals surface area contributed by atoms with E-state index in [1.165, 1.54) is 11.3 Å². The lowest BCUT2D eigenvalue weighted by atomic mass is 10.1. The summed E-state index contributed by atoms with van der Waals surface area (Å²) in [5, 5.41) is 15.0. The Labute approximate surface area is 193 Å². The molecule has 2 aromatic heterocycles. The zero-order chi connectivity index (χ0) is 22.9. The van der Waals surface area contributed by atoms with Gasteiger partial charge in [-0.3, -0.25) is 19.5 Å². The number of thiophene rings is 1. The van der Waals surface area contributed by atoms with Crippen LogP contribution in [0.1, 0.15) is 30.5 Å². The first-order chi connectivity index (χ1) is 16.0. The summed E-state index contributed by atoms with van der Waals surface area (Å²) >= 11 is 1.47. The van der Waals surface area contributed by atoms with Gasteiger partial charge in [-0.05, 0) is 42.3 Å². The van der Waals surface area contributed by atoms with Crippen molar-refractivity contribution in [1.29, 1.82) is 0 Å². The predicted molar refractivity (Wildman–Crippen MR) is 123 cm³/mol. The van der Waals surface area contributed by atoms with Crippen LogP contribution in [0.25, 0.3) is 10.9 Å². The standard InChI is InChI=1S/C22H23N7O3S/c1-28-6-5-19(27-28)25-22(32)18-9-15-12-29(7-4-17(15)33-18)20(30)11-23-21(31)13-2-3-16-14(8-13)10-24-26-16/h2-3,5-6,8-10,19,27H,4,7,11-12H2,1H3,(H,23,31)(H,24,26)(H,25,32). The molecule has 2 aliphatic heterocycles. The highest BCUT2D eigenvalue weighted by Gasteiger charge is 2.25. The molecule has 5 rings (SSSR count). The first kappa shape index (κ1) is 21.2. The van der Waals surface area contributed by atoms with Gasteiger partial charge >= 0.3 is 0 Å². The molecule has 3 amide bonds. The number of nitrogens with one attached hydrogen (secondary N) is 4. The van der Waals surface area contributed by atoms with E-state index in [0.29, 0.717) is 30.0 Å².